The maximum Gasteiger partial charge on any atom is 0.160 e. The van der Waals surface area contributed by atoms with Gasteiger partial charge in [-0.15, -0.1) is 0 Å². The summed E-state index contributed by atoms with van der Waals surface area (Å²) in [7, 11) is 0. The van der Waals surface area contributed by atoms with Crippen LogP contribution >= 0.6 is 0 Å². The van der Waals surface area contributed by atoms with E-state index in [4.69, 9.17) is 5.73 Å². The van der Waals surface area contributed by atoms with Crippen molar-refractivity contribution in [3.63, 3.8) is 0 Å². The lowest BCUT2D eigenvalue weighted by atomic mass is 10.2. The van der Waals surface area contributed by atoms with Gasteiger partial charge in [0, 0.05) is 11.2 Å². The number of hydrogen-bond acceptors (Lipinski definition) is 2. The molecule has 0 saturated carbocycles. The van der Waals surface area contributed by atoms with Crippen molar-refractivity contribution >= 4 is 11.2 Å². The summed E-state index contributed by atoms with van der Waals surface area (Å²) < 4.78 is 11.1. The Kier molecular flexibility index (Phi) is 2.93. The average Bonchev–Trinajstić information content (AvgIpc) is 2.05. The predicted molar refractivity (Wildman–Crippen MR) is 46.6 cm³/mol. The van der Waals surface area contributed by atoms with E-state index in [9.17, 15) is 4.55 Å². The number of benzene rings is 1. The lowest BCUT2D eigenvalue weighted by molar-refractivity contribution is 0.595. The summed E-state index contributed by atoms with van der Waals surface area (Å²) in [6.45, 7) is 2.00. The van der Waals surface area contributed by atoms with Crippen LogP contribution in [0.25, 0.3) is 0 Å². The number of rotatable bonds is 2. The van der Waals surface area contributed by atoms with Gasteiger partial charge in [0.1, 0.15) is 0 Å². The van der Waals surface area contributed by atoms with Gasteiger partial charge in [-0.3, -0.25) is 5.73 Å². The van der Waals surface area contributed by atoms with Crippen LogP contribution in [0.15, 0.2) is 29.2 Å². The second-order valence-corrected chi connectivity index (χ2v) is 3.82. The van der Waals surface area contributed by atoms with Crippen LogP contribution in [0.5, 0.6) is 0 Å². The molecular weight excluding hydrogens is 158 g/mol. The first-order valence-corrected chi connectivity index (χ1v) is 4.71. The molecule has 0 aliphatic carbocycles. The van der Waals surface area contributed by atoms with Crippen LogP contribution in [0.2, 0.25) is 0 Å². The Balaban J connectivity index is 2.81. The molecule has 1 aromatic carbocycles. The van der Waals surface area contributed by atoms with Gasteiger partial charge >= 0.3 is 0 Å². The number of nitrogens with two attached hydrogens (primary N) is 1. The molecule has 0 radical (unpaired) electrons. The van der Waals surface area contributed by atoms with Crippen LogP contribution in [0.3, 0.4) is 0 Å². The fraction of sp³-hybridized carbons (Fsp3) is 0.250. The van der Waals surface area contributed by atoms with Crippen LogP contribution in [-0.2, 0) is 11.2 Å². The Labute approximate surface area is 69.6 Å². The Morgan fingerprint density at radius 2 is 1.91 bits per heavy atom. The highest BCUT2D eigenvalue weighted by molar-refractivity contribution is 7.91. The first-order valence-electron chi connectivity index (χ1n) is 3.39. The van der Waals surface area contributed by atoms with Gasteiger partial charge in [-0.1, -0.05) is 17.7 Å². The zero-order valence-corrected chi connectivity index (χ0v) is 7.23. The Hall–Kier alpha value is -0.510. The van der Waals surface area contributed by atoms with Crippen molar-refractivity contribution < 1.29 is 4.55 Å². The zero-order valence-electron chi connectivity index (χ0n) is 6.41. The van der Waals surface area contributed by atoms with Crippen molar-refractivity contribution in [3.8, 4) is 0 Å². The SMILES string of the molecule is Cc1ccc([S+]([O-])CN)cc1. The topological polar surface area (TPSA) is 49.1 Å². The third-order valence-corrected chi connectivity index (χ3v) is 2.54. The third-order valence-electron chi connectivity index (χ3n) is 1.44. The lowest BCUT2D eigenvalue weighted by Crippen LogP contribution is -2.14. The van der Waals surface area contributed by atoms with Gasteiger partial charge in [0.05, 0.1) is 0 Å². The molecule has 60 valence electrons. The van der Waals surface area contributed by atoms with Gasteiger partial charge in [-0.05, 0) is 19.1 Å². The molecule has 0 aliphatic heterocycles. The van der Waals surface area contributed by atoms with E-state index >= 15 is 0 Å². The van der Waals surface area contributed by atoms with Crippen molar-refractivity contribution in [2.24, 2.45) is 5.73 Å². The van der Waals surface area contributed by atoms with Crippen LogP contribution in [-0.4, -0.2) is 10.4 Å². The van der Waals surface area contributed by atoms with Crippen LogP contribution in [0.4, 0.5) is 0 Å². The molecular formula is C8H11NOS. The van der Waals surface area contributed by atoms with E-state index in [1.165, 1.54) is 5.56 Å². The Morgan fingerprint density at radius 3 is 2.36 bits per heavy atom. The molecule has 0 saturated heterocycles. The zero-order chi connectivity index (χ0) is 8.27. The molecule has 0 spiro atoms. The number of aryl methyl sites for hydroxylation is 1. The highest BCUT2D eigenvalue weighted by Gasteiger charge is 2.05. The Morgan fingerprint density at radius 1 is 1.36 bits per heavy atom. The molecule has 0 aromatic heterocycles. The predicted octanol–water partition coefficient (Wildman–Crippen LogP) is 1.02. The van der Waals surface area contributed by atoms with E-state index in [-0.39, 0.29) is 5.88 Å². The molecule has 2 N–H and O–H groups in total. The maximum absolute atomic E-state index is 11.1. The summed E-state index contributed by atoms with van der Waals surface area (Å²) in [4.78, 5) is 0.804. The normalized spacial score (nSPS) is 13.0. The van der Waals surface area contributed by atoms with Gasteiger partial charge in [0.2, 0.25) is 0 Å². The van der Waals surface area contributed by atoms with Crippen LogP contribution < -0.4 is 5.73 Å². The van der Waals surface area contributed by atoms with E-state index in [0.29, 0.717) is 0 Å². The largest absolute Gasteiger partial charge is 0.610 e. The van der Waals surface area contributed by atoms with Gasteiger partial charge in [-0.2, -0.15) is 0 Å². The molecule has 0 aliphatic rings. The highest BCUT2D eigenvalue weighted by Crippen LogP contribution is 2.10. The Bertz CT molecular complexity index is 222. The molecule has 1 rings (SSSR count). The first kappa shape index (κ1) is 8.59. The smallest absolute Gasteiger partial charge is 0.160 e. The van der Waals surface area contributed by atoms with Crippen molar-refractivity contribution in [3.05, 3.63) is 29.8 Å². The summed E-state index contributed by atoms with van der Waals surface area (Å²) in [6, 6.07) is 7.56. The molecule has 0 heterocycles. The molecule has 0 bridgehead atoms. The molecule has 0 fully saturated rings. The second-order valence-electron chi connectivity index (χ2n) is 2.33. The summed E-state index contributed by atoms with van der Waals surface area (Å²) in [5.41, 5.74) is 6.41. The van der Waals surface area contributed by atoms with Gasteiger partial charge in [0.25, 0.3) is 0 Å². The lowest BCUT2D eigenvalue weighted by Gasteiger charge is -2.06. The summed E-state index contributed by atoms with van der Waals surface area (Å²) in [5, 5.41) is 0. The monoisotopic (exact) mass is 169 g/mol. The van der Waals surface area contributed by atoms with Gasteiger partial charge in [-0.25, -0.2) is 0 Å². The quantitative estimate of drug-likeness (QED) is 0.672. The van der Waals surface area contributed by atoms with Gasteiger partial charge < -0.3 is 4.55 Å². The summed E-state index contributed by atoms with van der Waals surface area (Å²) in [5.74, 6) is 0.197. The van der Waals surface area contributed by atoms with E-state index in [0.717, 1.165) is 4.90 Å². The highest BCUT2D eigenvalue weighted by atomic mass is 32.2. The summed E-state index contributed by atoms with van der Waals surface area (Å²) >= 11 is -1.02. The first-order chi connectivity index (χ1) is 5.24. The van der Waals surface area contributed by atoms with Gasteiger partial charge in [0.15, 0.2) is 10.8 Å². The van der Waals surface area contributed by atoms with E-state index in [1.54, 1.807) is 0 Å². The van der Waals surface area contributed by atoms with Crippen molar-refractivity contribution in [2.45, 2.75) is 11.8 Å². The fourth-order valence-electron chi connectivity index (χ4n) is 0.786. The second kappa shape index (κ2) is 3.76. The number of hydrogen-bond donors (Lipinski definition) is 1. The van der Waals surface area contributed by atoms with Crippen LogP contribution in [0.1, 0.15) is 5.56 Å². The standard InChI is InChI=1S/C8H11NOS/c1-7-2-4-8(5-3-7)11(10)6-9/h2-5H,6,9H2,1H3. The van der Waals surface area contributed by atoms with Crippen molar-refractivity contribution in [1.82, 2.24) is 0 Å². The molecule has 11 heavy (non-hydrogen) atoms. The third kappa shape index (κ3) is 2.22. The minimum absolute atomic E-state index is 0.197. The molecule has 1 unspecified atom stereocenters. The molecule has 0 amide bonds. The van der Waals surface area contributed by atoms with E-state index in [1.807, 2.05) is 31.2 Å². The average molecular weight is 169 g/mol. The summed E-state index contributed by atoms with van der Waals surface area (Å²) in [6.07, 6.45) is 0. The fourth-order valence-corrected chi connectivity index (χ4v) is 1.42. The minimum atomic E-state index is -1.02. The minimum Gasteiger partial charge on any atom is -0.610 e. The molecule has 1 aromatic rings. The van der Waals surface area contributed by atoms with Crippen LogP contribution in [0, 0.1) is 6.92 Å². The van der Waals surface area contributed by atoms with E-state index in [2.05, 4.69) is 0 Å². The molecule has 3 heteroatoms. The molecule has 1 atom stereocenters. The van der Waals surface area contributed by atoms with E-state index < -0.39 is 11.2 Å². The molecule has 2 nitrogen and oxygen atoms in total. The maximum atomic E-state index is 11.1. The van der Waals surface area contributed by atoms with Crippen molar-refractivity contribution in [1.29, 1.82) is 0 Å². The van der Waals surface area contributed by atoms with Crippen molar-refractivity contribution in [2.75, 3.05) is 5.88 Å².